The molecule has 1 unspecified atom stereocenters. The number of fused-ring (bicyclic) bond motifs is 2. The Morgan fingerprint density at radius 2 is 2.17 bits per heavy atom. The average molecular weight is 325 g/mol. The van der Waals surface area contributed by atoms with Crippen molar-refractivity contribution >= 4 is 29.2 Å². The summed E-state index contributed by atoms with van der Waals surface area (Å²) in [5, 5.41) is 5.90. The first-order valence-electron chi connectivity index (χ1n) is 7.48. The fourth-order valence-electron chi connectivity index (χ4n) is 3.19. The van der Waals surface area contributed by atoms with Crippen LogP contribution in [0.3, 0.4) is 0 Å². The molecule has 1 aromatic heterocycles. The lowest BCUT2D eigenvalue weighted by molar-refractivity contribution is -0.144. The molecule has 0 saturated carbocycles. The van der Waals surface area contributed by atoms with Gasteiger partial charge < -0.3 is 9.72 Å². The highest BCUT2D eigenvalue weighted by molar-refractivity contribution is 6.09. The fourth-order valence-corrected chi connectivity index (χ4v) is 3.19. The van der Waals surface area contributed by atoms with Gasteiger partial charge in [0.25, 0.3) is 0 Å². The minimum atomic E-state index is -0.425. The topological polar surface area (TPSA) is 92.0 Å². The van der Waals surface area contributed by atoms with Gasteiger partial charge in [0.1, 0.15) is 12.0 Å². The zero-order chi connectivity index (χ0) is 16.8. The Labute approximate surface area is 136 Å². The number of hydrogen-bond donors (Lipinski definition) is 1. The molecule has 1 N–H and O–H groups in total. The Balaban J connectivity index is 1.92. The second-order valence-corrected chi connectivity index (χ2v) is 5.66. The fraction of sp³-hybridized carbons (Fsp3) is 0.250. The van der Waals surface area contributed by atoms with Gasteiger partial charge in [0, 0.05) is 0 Å². The number of aromatic amines is 1. The Morgan fingerprint density at radius 1 is 1.38 bits per heavy atom. The summed E-state index contributed by atoms with van der Waals surface area (Å²) in [4.78, 5) is 31.6. The van der Waals surface area contributed by atoms with Gasteiger partial charge in [-0.25, -0.2) is 14.4 Å². The summed E-state index contributed by atoms with van der Waals surface area (Å²) in [5.41, 5.74) is 2.61. The van der Waals surface area contributed by atoms with Crippen LogP contribution in [0.25, 0.3) is 11.0 Å². The van der Waals surface area contributed by atoms with Gasteiger partial charge >= 0.3 is 11.7 Å². The third-order valence-corrected chi connectivity index (χ3v) is 4.38. The van der Waals surface area contributed by atoms with Crippen molar-refractivity contribution in [3.63, 3.8) is 0 Å². The van der Waals surface area contributed by atoms with Crippen LogP contribution in [0.15, 0.2) is 50.4 Å². The van der Waals surface area contributed by atoms with E-state index in [1.54, 1.807) is 5.01 Å². The molecule has 4 rings (SSSR count). The molecule has 0 aliphatic carbocycles. The highest BCUT2D eigenvalue weighted by Gasteiger charge is 2.38. The molecule has 24 heavy (non-hydrogen) atoms. The third-order valence-electron chi connectivity index (χ3n) is 4.38. The van der Waals surface area contributed by atoms with E-state index in [0.29, 0.717) is 18.1 Å². The average Bonchev–Trinajstić information content (AvgIpc) is 3.11. The molecular formula is C16H15N5O3. The zero-order valence-corrected chi connectivity index (χ0v) is 13.2. The monoisotopic (exact) mass is 325 g/mol. The molecule has 122 valence electrons. The highest BCUT2D eigenvalue weighted by atomic mass is 16.5. The maximum atomic E-state index is 12.5. The number of nitrogens with zero attached hydrogens (tertiary/aromatic N) is 4. The van der Waals surface area contributed by atoms with Crippen molar-refractivity contribution in [2.24, 2.45) is 16.0 Å². The molecule has 0 saturated heterocycles. The molecular weight excluding hydrogens is 310 g/mol. The van der Waals surface area contributed by atoms with E-state index in [9.17, 15) is 9.59 Å². The second-order valence-electron chi connectivity index (χ2n) is 5.66. The lowest BCUT2D eigenvalue weighted by Gasteiger charge is -2.21. The maximum absolute atomic E-state index is 12.5. The largest absolute Gasteiger partial charge is 0.469 e. The summed E-state index contributed by atoms with van der Waals surface area (Å²) >= 11 is 0. The van der Waals surface area contributed by atoms with Crippen LogP contribution in [0.4, 0.5) is 0 Å². The van der Waals surface area contributed by atoms with E-state index in [2.05, 4.69) is 15.1 Å². The van der Waals surface area contributed by atoms with Crippen molar-refractivity contribution in [3.8, 4) is 0 Å². The van der Waals surface area contributed by atoms with E-state index in [4.69, 9.17) is 4.74 Å². The first kappa shape index (κ1) is 14.4. The van der Waals surface area contributed by atoms with E-state index in [0.717, 1.165) is 16.6 Å². The highest BCUT2D eigenvalue weighted by Crippen LogP contribution is 2.32. The van der Waals surface area contributed by atoms with Crippen molar-refractivity contribution in [1.29, 1.82) is 0 Å². The number of para-hydroxylation sites is 2. The number of imidazole rings is 1. The Kier molecular flexibility index (Phi) is 3.12. The number of carbonyl (C=O) groups excluding carboxylic acids is 1. The van der Waals surface area contributed by atoms with Crippen molar-refractivity contribution in [1.82, 2.24) is 14.6 Å². The van der Waals surface area contributed by atoms with Crippen molar-refractivity contribution in [3.05, 3.63) is 46.0 Å². The van der Waals surface area contributed by atoms with Gasteiger partial charge in [0.05, 0.1) is 30.6 Å². The smallest absolute Gasteiger partial charge is 0.332 e. The molecule has 0 bridgehead atoms. The normalized spacial score (nSPS) is 19.7. The summed E-state index contributed by atoms with van der Waals surface area (Å²) in [5.74, 6) is -0.294. The summed E-state index contributed by atoms with van der Waals surface area (Å²) in [7, 11) is 1.36. The van der Waals surface area contributed by atoms with E-state index in [1.165, 1.54) is 18.0 Å². The van der Waals surface area contributed by atoms with Gasteiger partial charge in [-0.2, -0.15) is 5.10 Å². The molecule has 0 fully saturated rings. The van der Waals surface area contributed by atoms with Crippen molar-refractivity contribution < 1.29 is 9.53 Å². The molecule has 8 heteroatoms. The van der Waals surface area contributed by atoms with Crippen LogP contribution in [0.2, 0.25) is 0 Å². The van der Waals surface area contributed by atoms with Crippen molar-refractivity contribution in [2.75, 3.05) is 13.7 Å². The summed E-state index contributed by atoms with van der Waals surface area (Å²) in [6, 6.07) is 7.38. The second kappa shape index (κ2) is 5.19. The number of hydrogen-bond acceptors (Lipinski definition) is 6. The van der Waals surface area contributed by atoms with Gasteiger partial charge in [-0.1, -0.05) is 12.1 Å². The van der Waals surface area contributed by atoms with Crippen LogP contribution in [0.1, 0.15) is 6.92 Å². The van der Waals surface area contributed by atoms with Gasteiger partial charge in [-0.15, -0.1) is 0 Å². The van der Waals surface area contributed by atoms with E-state index in [-0.39, 0.29) is 11.7 Å². The van der Waals surface area contributed by atoms with Gasteiger partial charge in [-0.3, -0.25) is 9.80 Å². The number of carbonyl (C=O) groups is 1. The molecule has 2 aromatic rings. The molecule has 1 aromatic carbocycles. The number of methoxy groups -OCH3 is 1. The first-order valence-corrected chi connectivity index (χ1v) is 7.48. The maximum Gasteiger partial charge on any atom is 0.332 e. The number of rotatable bonds is 1. The quantitative estimate of drug-likeness (QED) is 0.789. The van der Waals surface area contributed by atoms with Crippen LogP contribution in [0.5, 0.6) is 0 Å². The van der Waals surface area contributed by atoms with Crippen LogP contribution >= 0.6 is 0 Å². The third kappa shape index (κ3) is 1.92. The molecule has 0 amide bonds. The van der Waals surface area contributed by atoms with Crippen LogP contribution in [-0.4, -0.2) is 46.4 Å². The predicted octanol–water partition coefficient (Wildman–Crippen LogP) is 0.912. The number of aromatic nitrogens is 2. The number of ether oxygens (including phenoxy) is 1. The summed E-state index contributed by atoms with van der Waals surface area (Å²) in [6.07, 6.45) is 1.39. The summed E-state index contributed by atoms with van der Waals surface area (Å²) < 4.78 is 6.37. The number of benzene rings is 1. The van der Waals surface area contributed by atoms with Crippen molar-refractivity contribution in [2.45, 2.75) is 6.92 Å². The number of aliphatic imine (C=N–C) groups is 1. The zero-order valence-electron chi connectivity index (χ0n) is 13.2. The van der Waals surface area contributed by atoms with E-state index < -0.39 is 5.92 Å². The van der Waals surface area contributed by atoms with Gasteiger partial charge in [-0.05, 0) is 24.6 Å². The number of hydrazone groups is 1. The first-order chi connectivity index (χ1) is 11.6. The standard InChI is InChI=1S/C16H15N5O3/c1-9-10(15(22)24-2)7-20-13(9)14(17-8-18-20)21-12-6-4-3-5-11(12)19-16(21)23/h3-6,8,10H,7H2,1-2H3,(H,19,23). The van der Waals surface area contributed by atoms with Crippen LogP contribution in [0, 0.1) is 5.92 Å². The minimum Gasteiger partial charge on any atom is -0.469 e. The molecule has 0 radical (unpaired) electrons. The minimum absolute atomic E-state index is 0.285. The lowest BCUT2D eigenvalue weighted by atomic mass is 10.0. The van der Waals surface area contributed by atoms with Crippen LogP contribution < -0.4 is 5.69 Å². The van der Waals surface area contributed by atoms with E-state index >= 15 is 0 Å². The Hall–Kier alpha value is -3.16. The number of H-pyrrole nitrogens is 1. The Morgan fingerprint density at radius 3 is 2.96 bits per heavy atom. The molecule has 0 spiro atoms. The number of esters is 1. The molecule has 2 aliphatic rings. The number of nitrogens with one attached hydrogen (secondary N) is 1. The van der Waals surface area contributed by atoms with Crippen LogP contribution in [-0.2, 0) is 9.53 Å². The number of allylic oxidation sites excluding steroid dienone is 1. The van der Waals surface area contributed by atoms with E-state index in [1.807, 2.05) is 31.2 Å². The lowest BCUT2D eigenvalue weighted by Crippen LogP contribution is -2.33. The SMILES string of the molecule is COC(=O)C1CN2N=CN=C(n3c(=O)[nH]c4ccccc43)C2=C1C. The summed E-state index contributed by atoms with van der Waals surface area (Å²) in [6.45, 7) is 2.22. The molecule has 3 heterocycles. The van der Waals surface area contributed by atoms with Gasteiger partial charge in [0.2, 0.25) is 0 Å². The molecule has 2 aliphatic heterocycles. The molecule has 1 atom stereocenters. The Bertz CT molecular complexity index is 995. The molecule has 8 nitrogen and oxygen atoms in total. The van der Waals surface area contributed by atoms with Gasteiger partial charge in [0.15, 0.2) is 5.84 Å². The predicted molar refractivity (Wildman–Crippen MR) is 88.8 cm³/mol.